The molecule has 0 aromatic carbocycles. The fourth-order valence-corrected chi connectivity index (χ4v) is 3.14. The molecule has 2 rings (SSSR count). The summed E-state index contributed by atoms with van der Waals surface area (Å²) in [5.41, 5.74) is 6.00. The van der Waals surface area contributed by atoms with Crippen LogP contribution in [-0.2, 0) is 6.42 Å². The minimum atomic E-state index is -0.0607. The summed E-state index contributed by atoms with van der Waals surface area (Å²) >= 11 is 1.50. The van der Waals surface area contributed by atoms with Crippen LogP contribution in [0.2, 0.25) is 0 Å². The molecular formula is C13H24Cl2N4OS. The van der Waals surface area contributed by atoms with Gasteiger partial charge in [0.15, 0.2) is 0 Å². The van der Waals surface area contributed by atoms with E-state index in [0.717, 1.165) is 37.6 Å². The fourth-order valence-electron chi connectivity index (χ4n) is 2.35. The molecule has 0 bridgehead atoms. The van der Waals surface area contributed by atoms with E-state index >= 15 is 0 Å². The minimum absolute atomic E-state index is 0. The van der Waals surface area contributed by atoms with Gasteiger partial charge < -0.3 is 16.0 Å². The van der Waals surface area contributed by atoms with Crippen LogP contribution in [-0.4, -0.2) is 48.5 Å². The van der Waals surface area contributed by atoms with E-state index in [2.05, 4.69) is 22.1 Å². The van der Waals surface area contributed by atoms with Gasteiger partial charge in [0, 0.05) is 24.9 Å². The molecule has 8 heteroatoms. The maximum Gasteiger partial charge on any atom is 0.270 e. The van der Waals surface area contributed by atoms with Crippen molar-refractivity contribution in [3.63, 3.8) is 0 Å². The van der Waals surface area contributed by atoms with Crippen molar-refractivity contribution in [1.29, 1.82) is 0 Å². The number of carbonyl (C=O) groups is 1. The first-order chi connectivity index (χ1) is 9.22. The second-order valence-corrected chi connectivity index (χ2v) is 5.87. The molecule has 1 amide bonds. The molecular weight excluding hydrogens is 331 g/mol. The van der Waals surface area contributed by atoms with Crippen molar-refractivity contribution in [3.05, 3.63) is 16.1 Å². The topological polar surface area (TPSA) is 71.2 Å². The number of aromatic nitrogens is 1. The Kier molecular flexibility index (Phi) is 10.1. The molecule has 1 atom stereocenters. The first-order valence-electron chi connectivity index (χ1n) is 6.88. The van der Waals surface area contributed by atoms with Gasteiger partial charge in [-0.05, 0) is 32.0 Å². The van der Waals surface area contributed by atoms with Crippen LogP contribution in [0.4, 0.5) is 0 Å². The number of rotatable bonds is 6. The highest BCUT2D eigenvalue weighted by atomic mass is 35.5. The zero-order valence-corrected chi connectivity index (χ0v) is 14.7. The highest BCUT2D eigenvalue weighted by Gasteiger charge is 2.22. The monoisotopic (exact) mass is 354 g/mol. The van der Waals surface area contributed by atoms with Gasteiger partial charge >= 0.3 is 0 Å². The number of nitrogens with one attached hydrogen (secondary N) is 1. The summed E-state index contributed by atoms with van der Waals surface area (Å²) in [4.78, 5) is 18.7. The van der Waals surface area contributed by atoms with E-state index in [1.54, 1.807) is 0 Å². The Hall–Kier alpha value is -0.400. The number of hydrogen-bond donors (Lipinski definition) is 2. The lowest BCUT2D eigenvalue weighted by Crippen LogP contribution is -2.31. The van der Waals surface area contributed by atoms with Crippen LogP contribution in [0.1, 0.15) is 28.8 Å². The molecule has 1 saturated heterocycles. The van der Waals surface area contributed by atoms with E-state index in [-0.39, 0.29) is 30.7 Å². The molecule has 0 spiro atoms. The first kappa shape index (κ1) is 20.6. The Morgan fingerprint density at radius 3 is 2.95 bits per heavy atom. The van der Waals surface area contributed by atoms with E-state index in [1.165, 1.54) is 17.8 Å². The van der Waals surface area contributed by atoms with Crippen molar-refractivity contribution >= 4 is 42.1 Å². The predicted octanol–water partition coefficient (Wildman–Crippen LogP) is 1.56. The minimum Gasteiger partial charge on any atom is -0.350 e. The number of nitrogens with zero attached hydrogens (tertiary/aromatic N) is 2. The number of nitrogens with two attached hydrogens (primary N) is 1. The molecule has 21 heavy (non-hydrogen) atoms. The Bertz CT molecular complexity index is 430. The number of hydrogen-bond acceptors (Lipinski definition) is 5. The van der Waals surface area contributed by atoms with Gasteiger partial charge in [-0.3, -0.25) is 4.79 Å². The molecule has 1 aliphatic heterocycles. The molecule has 2 heterocycles. The van der Waals surface area contributed by atoms with Crippen molar-refractivity contribution in [3.8, 4) is 0 Å². The van der Waals surface area contributed by atoms with Crippen LogP contribution >= 0.6 is 36.2 Å². The molecule has 1 aromatic rings. The SMILES string of the molecule is CCN1CCC(CNC(=O)c2csc(CCN)n2)C1.Cl.Cl. The van der Waals surface area contributed by atoms with E-state index < -0.39 is 0 Å². The Morgan fingerprint density at radius 1 is 1.57 bits per heavy atom. The third-order valence-electron chi connectivity index (χ3n) is 3.51. The normalized spacial score (nSPS) is 17.9. The van der Waals surface area contributed by atoms with Gasteiger partial charge in [0.1, 0.15) is 5.69 Å². The van der Waals surface area contributed by atoms with Crippen LogP contribution < -0.4 is 11.1 Å². The summed E-state index contributed by atoms with van der Waals surface area (Å²) < 4.78 is 0. The highest BCUT2D eigenvalue weighted by Crippen LogP contribution is 2.15. The molecule has 0 radical (unpaired) electrons. The van der Waals surface area contributed by atoms with Gasteiger partial charge in [-0.25, -0.2) is 4.98 Å². The smallest absolute Gasteiger partial charge is 0.270 e. The van der Waals surface area contributed by atoms with E-state index in [1.807, 2.05) is 5.38 Å². The molecule has 1 aliphatic rings. The van der Waals surface area contributed by atoms with Crippen LogP contribution in [0.25, 0.3) is 0 Å². The lowest BCUT2D eigenvalue weighted by molar-refractivity contribution is 0.0943. The van der Waals surface area contributed by atoms with E-state index in [9.17, 15) is 4.79 Å². The number of likely N-dealkylation sites (tertiary alicyclic amines) is 1. The average Bonchev–Trinajstić information content (AvgIpc) is 3.05. The zero-order valence-electron chi connectivity index (χ0n) is 12.2. The summed E-state index contributed by atoms with van der Waals surface area (Å²) in [6, 6.07) is 0. The van der Waals surface area contributed by atoms with Gasteiger partial charge in [0.2, 0.25) is 0 Å². The standard InChI is InChI=1S/C13H22N4OS.2ClH/c1-2-17-6-4-10(8-17)7-15-13(18)11-9-19-12(16-11)3-5-14;;/h9-10H,2-8,14H2,1H3,(H,15,18);2*1H. The summed E-state index contributed by atoms with van der Waals surface area (Å²) in [6.07, 6.45) is 1.91. The number of thiazole rings is 1. The van der Waals surface area contributed by atoms with Gasteiger partial charge in [-0.1, -0.05) is 6.92 Å². The Morgan fingerprint density at radius 2 is 2.33 bits per heavy atom. The van der Waals surface area contributed by atoms with Crippen molar-refractivity contribution in [2.75, 3.05) is 32.7 Å². The second-order valence-electron chi connectivity index (χ2n) is 4.92. The Labute approximate surface area is 142 Å². The van der Waals surface area contributed by atoms with E-state index in [0.29, 0.717) is 18.2 Å². The maximum absolute atomic E-state index is 12.0. The van der Waals surface area contributed by atoms with Crippen molar-refractivity contribution in [1.82, 2.24) is 15.2 Å². The van der Waals surface area contributed by atoms with Crippen molar-refractivity contribution < 1.29 is 4.79 Å². The fraction of sp³-hybridized carbons (Fsp3) is 0.692. The predicted molar refractivity (Wildman–Crippen MR) is 91.9 cm³/mol. The molecule has 0 aliphatic carbocycles. The molecule has 5 nitrogen and oxygen atoms in total. The van der Waals surface area contributed by atoms with Crippen molar-refractivity contribution in [2.24, 2.45) is 11.7 Å². The third kappa shape index (κ3) is 6.08. The van der Waals surface area contributed by atoms with Gasteiger partial charge in [0.05, 0.1) is 5.01 Å². The number of halogens is 2. The molecule has 0 saturated carbocycles. The first-order valence-corrected chi connectivity index (χ1v) is 7.76. The van der Waals surface area contributed by atoms with Crippen LogP contribution in [0.15, 0.2) is 5.38 Å². The van der Waals surface area contributed by atoms with Crippen molar-refractivity contribution in [2.45, 2.75) is 19.8 Å². The zero-order chi connectivity index (χ0) is 13.7. The largest absolute Gasteiger partial charge is 0.350 e. The molecule has 122 valence electrons. The quantitative estimate of drug-likeness (QED) is 0.813. The summed E-state index contributed by atoms with van der Waals surface area (Å²) in [7, 11) is 0. The van der Waals surface area contributed by atoms with Crippen LogP contribution in [0.5, 0.6) is 0 Å². The maximum atomic E-state index is 12.0. The number of amides is 1. The molecule has 3 N–H and O–H groups in total. The van der Waals surface area contributed by atoms with Gasteiger partial charge in [-0.2, -0.15) is 0 Å². The summed E-state index contributed by atoms with van der Waals surface area (Å²) in [6.45, 7) is 6.83. The lowest BCUT2D eigenvalue weighted by Gasteiger charge is -2.13. The summed E-state index contributed by atoms with van der Waals surface area (Å²) in [5, 5.41) is 5.74. The molecule has 1 fully saturated rings. The second kappa shape index (κ2) is 10.3. The van der Waals surface area contributed by atoms with Crippen LogP contribution in [0, 0.1) is 5.92 Å². The summed E-state index contributed by atoms with van der Waals surface area (Å²) in [5.74, 6) is 0.514. The highest BCUT2D eigenvalue weighted by molar-refractivity contribution is 7.09. The molecule has 1 aromatic heterocycles. The molecule has 1 unspecified atom stereocenters. The lowest BCUT2D eigenvalue weighted by atomic mass is 10.1. The Balaban J connectivity index is 0.00000200. The van der Waals surface area contributed by atoms with Gasteiger partial charge in [-0.15, -0.1) is 36.2 Å². The average molecular weight is 355 g/mol. The number of carbonyl (C=O) groups excluding carboxylic acids is 1. The van der Waals surface area contributed by atoms with Gasteiger partial charge in [0.25, 0.3) is 5.91 Å². The van der Waals surface area contributed by atoms with Crippen LogP contribution in [0.3, 0.4) is 0 Å². The third-order valence-corrected chi connectivity index (χ3v) is 4.42. The van der Waals surface area contributed by atoms with E-state index in [4.69, 9.17) is 5.73 Å².